The van der Waals surface area contributed by atoms with Crippen molar-refractivity contribution in [2.24, 2.45) is 0 Å². The highest BCUT2D eigenvalue weighted by Gasteiger charge is 2.21. The summed E-state index contributed by atoms with van der Waals surface area (Å²) in [5.41, 5.74) is 1.80. The molecule has 1 amide bonds. The molecular formula is C19H18FN3O3S2. The van der Waals surface area contributed by atoms with Crippen molar-refractivity contribution in [3.05, 3.63) is 51.2 Å². The highest BCUT2D eigenvalue weighted by Crippen LogP contribution is 2.30. The zero-order valence-electron chi connectivity index (χ0n) is 15.7. The first-order valence-corrected chi connectivity index (χ1v) is 10.1. The van der Waals surface area contributed by atoms with Gasteiger partial charge in [0.05, 0.1) is 17.5 Å². The highest BCUT2D eigenvalue weighted by atomic mass is 32.1. The van der Waals surface area contributed by atoms with Crippen LogP contribution in [0, 0.1) is 19.7 Å². The fourth-order valence-corrected chi connectivity index (χ4v) is 4.20. The lowest BCUT2D eigenvalue weighted by Crippen LogP contribution is -2.11. The molecule has 0 aliphatic rings. The number of benzene rings is 1. The second kappa shape index (κ2) is 8.15. The summed E-state index contributed by atoms with van der Waals surface area (Å²) in [6.45, 7) is 6.95. The number of aromatic nitrogens is 2. The van der Waals surface area contributed by atoms with Crippen LogP contribution in [0.2, 0.25) is 0 Å². The van der Waals surface area contributed by atoms with Gasteiger partial charge in [-0.2, -0.15) is 0 Å². The molecule has 0 aliphatic carbocycles. The van der Waals surface area contributed by atoms with E-state index in [9.17, 15) is 14.0 Å². The molecule has 0 aliphatic heterocycles. The van der Waals surface area contributed by atoms with E-state index in [0.717, 1.165) is 16.9 Å². The topological polar surface area (TPSA) is 81.2 Å². The normalized spacial score (nSPS) is 10.9. The van der Waals surface area contributed by atoms with Crippen molar-refractivity contribution in [1.82, 2.24) is 9.97 Å². The van der Waals surface area contributed by atoms with Crippen molar-refractivity contribution in [3.8, 4) is 10.6 Å². The predicted molar refractivity (Wildman–Crippen MR) is 108 cm³/mol. The fraction of sp³-hybridized carbons (Fsp3) is 0.263. The standard InChI is InChI=1S/C19H18FN3O3S2/c1-9(2)26-18(25)15-11(4)22-19(28-15)23-16(24)14-10(3)21-17(27-14)12-5-7-13(20)8-6-12/h5-9H,1-4H3,(H,22,23,24). The Morgan fingerprint density at radius 1 is 1.04 bits per heavy atom. The van der Waals surface area contributed by atoms with Crippen LogP contribution >= 0.6 is 22.7 Å². The van der Waals surface area contributed by atoms with E-state index in [0.29, 0.717) is 31.3 Å². The third-order valence-corrected chi connectivity index (χ3v) is 5.90. The number of aryl methyl sites for hydroxylation is 2. The van der Waals surface area contributed by atoms with Crippen LogP contribution in [0.3, 0.4) is 0 Å². The number of nitrogens with zero attached hydrogens (tertiary/aromatic N) is 2. The number of nitrogens with one attached hydrogen (secondary N) is 1. The molecule has 0 saturated carbocycles. The molecule has 0 saturated heterocycles. The van der Waals surface area contributed by atoms with Gasteiger partial charge in [0.15, 0.2) is 5.13 Å². The predicted octanol–water partition coefficient (Wildman–Crippen LogP) is 4.84. The van der Waals surface area contributed by atoms with E-state index in [2.05, 4.69) is 15.3 Å². The molecule has 3 aromatic rings. The zero-order chi connectivity index (χ0) is 20.4. The van der Waals surface area contributed by atoms with Crippen molar-refractivity contribution in [2.75, 3.05) is 5.32 Å². The molecule has 146 valence electrons. The smallest absolute Gasteiger partial charge is 0.350 e. The van der Waals surface area contributed by atoms with Crippen LogP contribution in [-0.2, 0) is 4.74 Å². The number of amides is 1. The van der Waals surface area contributed by atoms with E-state index < -0.39 is 5.97 Å². The maximum Gasteiger partial charge on any atom is 0.350 e. The summed E-state index contributed by atoms with van der Waals surface area (Å²) < 4.78 is 18.3. The second-order valence-corrected chi connectivity index (χ2v) is 8.28. The van der Waals surface area contributed by atoms with Crippen molar-refractivity contribution in [1.29, 1.82) is 0 Å². The molecule has 0 fully saturated rings. The van der Waals surface area contributed by atoms with Crippen molar-refractivity contribution in [3.63, 3.8) is 0 Å². The fourth-order valence-electron chi connectivity index (χ4n) is 2.38. The number of carbonyl (C=O) groups excluding carboxylic acids is 2. The Hall–Kier alpha value is -2.65. The number of anilines is 1. The van der Waals surface area contributed by atoms with Crippen LogP contribution in [0.1, 0.15) is 44.6 Å². The minimum Gasteiger partial charge on any atom is -0.459 e. The Bertz CT molecular complexity index is 1030. The van der Waals surface area contributed by atoms with E-state index in [-0.39, 0.29) is 17.8 Å². The lowest BCUT2D eigenvalue weighted by atomic mass is 10.2. The van der Waals surface area contributed by atoms with E-state index in [1.165, 1.54) is 23.5 Å². The maximum absolute atomic E-state index is 13.1. The Balaban J connectivity index is 1.78. The molecule has 0 atom stereocenters. The Labute approximate surface area is 169 Å². The van der Waals surface area contributed by atoms with Crippen LogP contribution in [-0.4, -0.2) is 27.9 Å². The summed E-state index contributed by atoms with van der Waals surface area (Å²) in [6, 6.07) is 5.93. The first kappa shape index (κ1) is 20.1. The minimum absolute atomic E-state index is 0.239. The maximum atomic E-state index is 13.1. The first-order valence-electron chi connectivity index (χ1n) is 8.47. The first-order chi connectivity index (χ1) is 13.2. The molecule has 2 aromatic heterocycles. The number of thiazole rings is 2. The van der Waals surface area contributed by atoms with Crippen LogP contribution in [0.25, 0.3) is 10.6 Å². The quantitative estimate of drug-likeness (QED) is 0.599. The summed E-state index contributed by atoms with van der Waals surface area (Å²) in [6.07, 6.45) is -0.239. The van der Waals surface area contributed by atoms with E-state index in [4.69, 9.17) is 4.74 Å². The van der Waals surface area contributed by atoms with Gasteiger partial charge in [-0.3, -0.25) is 10.1 Å². The Morgan fingerprint density at radius 2 is 1.68 bits per heavy atom. The number of esters is 1. The van der Waals surface area contributed by atoms with E-state index in [1.807, 2.05) is 0 Å². The number of rotatable bonds is 5. The lowest BCUT2D eigenvalue weighted by molar-refractivity contribution is 0.0382. The number of hydrogen-bond acceptors (Lipinski definition) is 7. The minimum atomic E-state index is -0.460. The zero-order valence-corrected chi connectivity index (χ0v) is 17.3. The molecule has 3 rings (SSSR count). The summed E-state index contributed by atoms with van der Waals surface area (Å²) in [7, 11) is 0. The summed E-state index contributed by atoms with van der Waals surface area (Å²) in [5.74, 6) is -1.15. The van der Waals surface area contributed by atoms with Gasteiger partial charge < -0.3 is 4.74 Å². The Kier molecular flexibility index (Phi) is 5.85. The van der Waals surface area contributed by atoms with E-state index >= 15 is 0 Å². The molecule has 0 unspecified atom stereocenters. The number of carbonyl (C=O) groups is 2. The lowest BCUT2D eigenvalue weighted by Gasteiger charge is -2.05. The number of halogens is 1. The van der Waals surface area contributed by atoms with Crippen molar-refractivity contribution in [2.45, 2.75) is 33.8 Å². The molecule has 0 spiro atoms. The van der Waals surface area contributed by atoms with E-state index in [1.54, 1.807) is 39.8 Å². The summed E-state index contributed by atoms with van der Waals surface area (Å²) in [4.78, 5) is 34.2. The van der Waals surface area contributed by atoms with Crippen LogP contribution in [0.15, 0.2) is 24.3 Å². The van der Waals surface area contributed by atoms with Gasteiger partial charge in [-0.15, -0.1) is 11.3 Å². The van der Waals surface area contributed by atoms with Gasteiger partial charge in [-0.1, -0.05) is 11.3 Å². The average molecular weight is 420 g/mol. The summed E-state index contributed by atoms with van der Waals surface area (Å²) >= 11 is 2.28. The third-order valence-electron chi connectivity index (χ3n) is 3.64. The molecule has 1 N–H and O–H groups in total. The molecule has 1 aromatic carbocycles. The van der Waals surface area contributed by atoms with Crippen molar-refractivity contribution < 1.29 is 18.7 Å². The molecule has 2 heterocycles. The molecule has 0 radical (unpaired) electrons. The average Bonchev–Trinajstić information content (AvgIpc) is 3.17. The molecule has 6 nitrogen and oxygen atoms in total. The highest BCUT2D eigenvalue weighted by molar-refractivity contribution is 7.18. The monoisotopic (exact) mass is 419 g/mol. The van der Waals surface area contributed by atoms with Crippen LogP contribution in [0.5, 0.6) is 0 Å². The van der Waals surface area contributed by atoms with Gasteiger partial charge in [0.25, 0.3) is 5.91 Å². The largest absolute Gasteiger partial charge is 0.459 e. The molecular weight excluding hydrogens is 401 g/mol. The van der Waals surface area contributed by atoms with Gasteiger partial charge in [-0.05, 0) is 52.0 Å². The van der Waals surface area contributed by atoms with Gasteiger partial charge in [0.2, 0.25) is 0 Å². The number of hydrogen-bond donors (Lipinski definition) is 1. The van der Waals surface area contributed by atoms with Crippen LogP contribution in [0.4, 0.5) is 9.52 Å². The van der Waals surface area contributed by atoms with Gasteiger partial charge in [-0.25, -0.2) is 19.2 Å². The SMILES string of the molecule is Cc1nc(-c2ccc(F)cc2)sc1C(=O)Nc1nc(C)c(C(=O)OC(C)C)s1. The number of ether oxygens (including phenoxy) is 1. The van der Waals surface area contributed by atoms with Crippen LogP contribution < -0.4 is 5.32 Å². The third kappa shape index (κ3) is 4.42. The van der Waals surface area contributed by atoms with Gasteiger partial charge in [0, 0.05) is 5.56 Å². The van der Waals surface area contributed by atoms with Gasteiger partial charge in [0.1, 0.15) is 20.6 Å². The Morgan fingerprint density at radius 3 is 2.32 bits per heavy atom. The molecule has 28 heavy (non-hydrogen) atoms. The summed E-state index contributed by atoms with van der Waals surface area (Å²) in [5, 5.41) is 3.65. The molecule has 9 heteroatoms. The second-order valence-electron chi connectivity index (χ2n) is 6.28. The van der Waals surface area contributed by atoms with Gasteiger partial charge >= 0.3 is 5.97 Å². The molecule has 0 bridgehead atoms. The van der Waals surface area contributed by atoms with Crippen molar-refractivity contribution >= 4 is 39.7 Å².